The normalized spacial score (nSPS) is 10.5. The topological polar surface area (TPSA) is 78.7 Å². The van der Waals surface area contributed by atoms with E-state index in [9.17, 15) is 10.1 Å². The van der Waals surface area contributed by atoms with E-state index in [1.807, 2.05) is 60.7 Å². The van der Waals surface area contributed by atoms with E-state index in [2.05, 4.69) is 21.4 Å². The lowest BCUT2D eigenvalue weighted by molar-refractivity contribution is 0.102. The number of nitrogens with zero attached hydrogens (tertiary/aromatic N) is 3. The van der Waals surface area contributed by atoms with Crippen LogP contribution in [-0.2, 0) is 5.75 Å². The first-order chi connectivity index (χ1) is 14.7. The Morgan fingerprint density at radius 2 is 1.90 bits per heavy atom. The monoisotopic (exact) mass is 410 g/mol. The highest BCUT2D eigenvalue weighted by Crippen LogP contribution is 2.28. The lowest BCUT2D eigenvalue weighted by Crippen LogP contribution is -2.15. The Morgan fingerprint density at radius 1 is 1.10 bits per heavy atom. The average molecular weight is 411 g/mol. The lowest BCUT2D eigenvalue weighted by atomic mass is 10.1. The molecule has 6 heteroatoms. The Morgan fingerprint density at radius 3 is 2.70 bits per heavy atom. The number of anilines is 1. The van der Waals surface area contributed by atoms with Gasteiger partial charge in [-0.15, -0.1) is 11.8 Å². The summed E-state index contributed by atoms with van der Waals surface area (Å²) in [7, 11) is 0. The van der Waals surface area contributed by atoms with Crippen molar-refractivity contribution in [2.24, 2.45) is 0 Å². The predicted molar refractivity (Wildman–Crippen MR) is 119 cm³/mol. The Hall–Kier alpha value is -3.69. The summed E-state index contributed by atoms with van der Waals surface area (Å²) >= 11 is 1.47. The Balaban J connectivity index is 1.58. The molecular weight excluding hydrogens is 392 g/mol. The highest BCUT2D eigenvalue weighted by Gasteiger charge is 2.16. The van der Waals surface area contributed by atoms with Crippen molar-refractivity contribution in [1.29, 1.82) is 5.26 Å². The molecule has 0 saturated heterocycles. The van der Waals surface area contributed by atoms with E-state index in [0.29, 0.717) is 33.3 Å². The van der Waals surface area contributed by atoms with Crippen LogP contribution in [0.5, 0.6) is 0 Å². The number of nitrogens with one attached hydrogen (secondary N) is 1. The minimum atomic E-state index is -0.280. The van der Waals surface area contributed by atoms with Crippen LogP contribution in [0.1, 0.15) is 27.2 Å². The number of carbonyl (C=O) groups is 1. The largest absolute Gasteiger partial charge is 0.322 e. The smallest absolute Gasteiger partial charge is 0.257 e. The molecule has 0 aliphatic carbocycles. The molecule has 1 amide bonds. The van der Waals surface area contributed by atoms with Crippen LogP contribution in [-0.4, -0.2) is 15.9 Å². The molecule has 0 saturated carbocycles. The fourth-order valence-electron chi connectivity index (χ4n) is 3.15. The maximum Gasteiger partial charge on any atom is 0.257 e. The summed E-state index contributed by atoms with van der Waals surface area (Å²) in [5.74, 6) is 0.350. The van der Waals surface area contributed by atoms with Gasteiger partial charge >= 0.3 is 0 Å². The van der Waals surface area contributed by atoms with E-state index >= 15 is 0 Å². The van der Waals surface area contributed by atoms with Crippen molar-refractivity contribution in [3.05, 3.63) is 95.3 Å². The van der Waals surface area contributed by atoms with Gasteiger partial charge in [-0.1, -0.05) is 42.5 Å². The third-order valence-corrected chi connectivity index (χ3v) is 5.70. The number of thioether (sulfide) groups is 1. The van der Waals surface area contributed by atoms with Crippen LogP contribution in [0.25, 0.3) is 10.9 Å². The van der Waals surface area contributed by atoms with Crippen LogP contribution >= 0.6 is 11.8 Å². The molecule has 0 unspecified atom stereocenters. The van der Waals surface area contributed by atoms with Crippen LogP contribution in [0.3, 0.4) is 0 Å². The van der Waals surface area contributed by atoms with Gasteiger partial charge in [-0.05, 0) is 36.8 Å². The van der Waals surface area contributed by atoms with Gasteiger partial charge in [-0.2, -0.15) is 5.26 Å². The predicted octanol–water partition coefficient (Wildman–Crippen LogP) is 5.35. The molecule has 0 fully saturated rings. The SMILES string of the molecule is Cc1nc(SCc2cccc3cccnc23)c(C#N)cc1C(=O)Nc1ccccc1. The third-order valence-electron chi connectivity index (χ3n) is 4.66. The maximum absolute atomic E-state index is 12.7. The van der Waals surface area contributed by atoms with Crippen molar-refractivity contribution >= 4 is 34.3 Å². The summed E-state index contributed by atoms with van der Waals surface area (Å²) in [6, 6.07) is 23.0. The number of amides is 1. The highest BCUT2D eigenvalue weighted by atomic mass is 32.2. The zero-order chi connectivity index (χ0) is 20.9. The molecule has 0 aliphatic rings. The van der Waals surface area contributed by atoms with Gasteiger partial charge in [-0.25, -0.2) is 4.98 Å². The van der Waals surface area contributed by atoms with Crippen molar-refractivity contribution in [3.8, 4) is 6.07 Å². The molecule has 0 spiro atoms. The van der Waals surface area contributed by atoms with E-state index in [0.717, 1.165) is 16.5 Å². The first-order valence-corrected chi connectivity index (χ1v) is 10.4. The molecule has 4 aromatic rings. The van der Waals surface area contributed by atoms with Crippen molar-refractivity contribution in [2.75, 3.05) is 5.32 Å². The van der Waals surface area contributed by atoms with Gasteiger partial charge < -0.3 is 5.32 Å². The molecule has 0 atom stereocenters. The van der Waals surface area contributed by atoms with Crippen LogP contribution in [0.4, 0.5) is 5.69 Å². The quantitative estimate of drug-likeness (QED) is 0.448. The lowest BCUT2D eigenvalue weighted by Gasteiger charge is -2.11. The minimum absolute atomic E-state index is 0.280. The summed E-state index contributed by atoms with van der Waals surface area (Å²) in [6.07, 6.45) is 1.78. The van der Waals surface area contributed by atoms with Crippen LogP contribution in [0.15, 0.2) is 78.0 Å². The van der Waals surface area contributed by atoms with Crippen LogP contribution in [0.2, 0.25) is 0 Å². The van der Waals surface area contributed by atoms with E-state index in [-0.39, 0.29) is 5.91 Å². The van der Waals surface area contributed by atoms with E-state index < -0.39 is 0 Å². The number of carbonyl (C=O) groups excluding carboxylic acids is 1. The summed E-state index contributed by atoms with van der Waals surface area (Å²) < 4.78 is 0. The number of aryl methyl sites for hydroxylation is 1. The Labute approximate surface area is 178 Å². The second-order valence-electron chi connectivity index (χ2n) is 6.69. The van der Waals surface area contributed by atoms with Gasteiger partial charge in [0.15, 0.2) is 0 Å². The zero-order valence-electron chi connectivity index (χ0n) is 16.3. The van der Waals surface area contributed by atoms with E-state index in [4.69, 9.17) is 0 Å². The molecule has 30 heavy (non-hydrogen) atoms. The average Bonchev–Trinajstić information content (AvgIpc) is 2.78. The molecule has 4 rings (SSSR count). The van der Waals surface area contributed by atoms with Crippen molar-refractivity contribution < 1.29 is 4.79 Å². The molecule has 146 valence electrons. The Bertz CT molecular complexity index is 1260. The fourth-order valence-corrected chi connectivity index (χ4v) is 4.14. The van der Waals surface area contributed by atoms with Crippen LogP contribution in [0, 0.1) is 18.3 Å². The molecule has 2 aromatic heterocycles. The summed E-state index contributed by atoms with van der Waals surface area (Å²) in [6.45, 7) is 1.78. The zero-order valence-corrected chi connectivity index (χ0v) is 17.1. The standard InChI is InChI=1S/C24H18N4OS/c1-16-21(23(29)28-20-10-3-2-4-11-20)13-19(14-25)24(27-16)30-15-18-8-5-7-17-9-6-12-26-22(17)18/h2-13H,15H2,1H3,(H,28,29). The molecule has 0 radical (unpaired) electrons. The number of hydrogen-bond acceptors (Lipinski definition) is 5. The summed E-state index contributed by atoms with van der Waals surface area (Å²) in [4.78, 5) is 21.7. The first kappa shape index (κ1) is 19.6. The fraction of sp³-hybridized carbons (Fsp3) is 0.0833. The molecule has 1 N–H and O–H groups in total. The van der Waals surface area contributed by atoms with Crippen molar-refractivity contribution in [3.63, 3.8) is 0 Å². The molecule has 0 bridgehead atoms. The van der Waals surface area contributed by atoms with Gasteiger partial charge in [0.2, 0.25) is 0 Å². The minimum Gasteiger partial charge on any atom is -0.322 e. The molecule has 5 nitrogen and oxygen atoms in total. The molecule has 0 aliphatic heterocycles. The van der Waals surface area contributed by atoms with Gasteiger partial charge in [0.1, 0.15) is 11.1 Å². The second-order valence-corrected chi connectivity index (χ2v) is 7.65. The van der Waals surface area contributed by atoms with Crippen LogP contribution < -0.4 is 5.32 Å². The van der Waals surface area contributed by atoms with Gasteiger partial charge in [-0.3, -0.25) is 9.78 Å². The van der Waals surface area contributed by atoms with Gasteiger partial charge in [0.25, 0.3) is 5.91 Å². The molecule has 2 heterocycles. The van der Waals surface area contributed by atoms with Gasteiger partial charge in [0, 0.05) is 23.0 Å². The van der Waals surface area contributed by atoms with Crippen molar-refractivity contribution in [1.82, 2.24) is 9.97 Å². The number of pyridine rings is 2. The maximum atomic E-state index is 12.7. The summed E-state index contributed by atoms with van der Waals surface area (Å²) in [5.41, 5.74) is 4.08. The van der Waals surface area contributed by atoms with E-state index in [1.165, 1.54) is 11.8 Å². The number of nitriles is 1. The number of fused-ring (bicyclic) bond motifs is 1. The molecule has 2 aromatic carbocycles. The molecular formula is C24H18N4OS. The number of aromatic nitrogens is 2. The first-order valence-electron chi connectivity index (χ1n) is 9.39. The van der Waals surface area contributed by atoms with E-state index in [1.54, 1.807) is 19.2 Å². The number of rotatable bonds is 5. The Kier molecular flexibility index (Phi) is 5.73. The van der Waals surface area contributed by atoms with Crippen molar-refractivity contribution in [2.45, 2.75) is 17.7 Å². The highest BCUT2D eigenvalue weighted by molar-refractivity contribution is 7.98. The number of benzene rings is 2. The number of hydrogen-bond donors (Lipinski definition) is 1. The number of para-hydroxylation sites is 2. The third kappa shape index (κ3) is 4.17. The van der Waals surface area contributed by atoms with Gasteiger partial charge in [0.05, 0.1) is 22.3 Å². The second kappa shape index (κ2) is 8.76. The summed E-state index contributed by atoms with van der Waals surface area (Å²) in [5, 5.41) is 14.2.